The predicted octanol–water partition coefficient (Wildman–Crippen LogP) is 5.35. The Hall–Kier alpha value is -3.59. The third kappa shape index (κ3) is 4.49. The lowest BCUT2D eigenvalue weighted by Crippen LogP contribution is -2.27. The number of benzene rings is 2. The van der Waals surface area contributed by atoms with E-state index in [1.807, 2.05) is 30.3 Å². The van der Waals surface area contributed by atoms with Crippen molar-refractivity contribution >= 4 is 23.2 Å². The van der Waals surface area contributed by atoms with Gasteiger partial charge in [-0.1, -0.05) is 41.9 Å². The first-order chi connectivity index (χ1) is 15.7. The van der Waals surface area contributed by atoms with Gasteiger partial charge in [0.05, 0.1) is 12.8 Å². The van der Waals surface area contributed by atoms with Gasteiger partial charge in [-0.3, -0.25) is 4.79 Å². The SMILES string of the molecule is COc1ccc(-c2cc(C(F)(F)F)n3nc(C(=O)N(C)Cc4ccccc4)c(Cl)c3n2)cc1. The Morgan fingerprint density at radius 1 is 1.12 bits per heavy atom. The number of fused-ring (bicyclic) bond motifs is 1. The van der Waals surface area contributed by atoms with E-state index in [-0.39, 0.29) is 28.6 Å². The Morgan fingerprint density at radius 2 is 1.79 bits per heavy atom. The van der Waals surface area contributed by atoms with Crippen molar-refractivity contribution in [2.75, 3.05) is 14.2 Å². The van der Waals surface area contributed by atoms with Crippen LogP contribution in [0.25, 0.3) is 16.9 Å². The normalized spacial score (nSPS) is 11.6. The summed E-state index contributed by atoms with van der Waals surface area (Å²) in [7, 11) is 3.01. The topological polar surface area (TPSA) is 59.7 Å². The fourth-order valence-electron chi connectivity index (χ4n) is 3.35. The molecule has 2 aromatic carbocycles. The van der Waals surface area contributed by atoms with Gasteiger partial charge in [-0.25, -0.2) is 9.50 Å². The number of carbonyl (C=O) groups excluding carboxylic acids is 1. The molecule has 6 nitrogen and oxygen atoms in total. The van der Waals surface area contributed by atoms with Crippen LogP contribution >= 0.6 is 11.6 Å². The maximum atomic E-state index is 13.9. The zero-order chi connectivity index (χ0) is 23.8. The van der Waals surface area contributed by atoms with Crippen LogP contribution in [-0.4, -0.2) is 39.6 Å². The Labute approximate surface area is 192 Å². The fraction of sp³-hybridized carbons (Fsp3) is 0.174. The number of alkyl halides is 3. The summed E-state index contributed by atoms with van der Waals surface area (Å²) in [5, 5.41) is 3.65. The summed E-state index contributed by atoms with van der Waals surface area (Å²) < 4.78 is 47.3. The van der Waals surface area contributed by atoms with Crippen molar-refractivity contribution in [1.82, 2.24) is 19.5 Å². The maximum absolute atomic E-state index is 13.9. The van der Waals surface area contributed by atoms with E-state index >= 15 is 0 Å². The minimum Gasteiger partial charge on any atom is -0.497 e. The largest absolute Gasteiger partial charge is 0.497 e. The molecule has 0 atom stereocenters. The standard InChI is InChI=1S/C23H18ClF3N4O2/c1-30(13-14-6-4-3-5-7-14)22(32)20-19(24)21-28-17(15-8-10-16(33-2)11-9-15)12-18(23(25,26)27)31(21)29-20/h3-12H,13H2,1-2H3. The molecule has 33 heavy (non-hydrogen) atoms. The summed E-state index contributed by atoms with van der Waals surface area (Å²) in [4.78, 5) is 18.6. The van der Waals surface area contributed by atoms with Gasteiger partial charge in [0.2, 0.25) is 0 Å². The Kier molecular flexibility index (Phi) is 5.99. The van der Waals surface area contributed by atoms with Gasteiger partial charge in [-0.15, -0.1) is 0 Å². The van der Waals surface area contributed by atoms with Gasteiger partial charge in [-0.05, 0) is 35.9 Å². The number of halogens is 4. The molecule has 0 spiro atoms. The van der Waals surface area contributed by atoms with E-state index in [4.69, 9.17) is 16.3 Å². The molecule has 0 saturated carbocycles. The van der Waals surface area contributed by atoms with Crippen LogP contribution in [-0.2, 0) is 12.7 Å². The predicted molar refractivity (Wildman–Crippen MR) is 117 cm³/mol. The molecule has 0 bridgehead atoms. The minimum atomic E-state index is -4.76. The molecule has 2 heterocycles. The van der Waals surface area contributed by atoms with Gasteiger partial charge in [0.25, 0.3) is 5.91 Å². The highest BCUT2D eigenvalue weighted by molar-refractivity contribution is 6.36. The molecule has 10 heteroatoms. The molecular formula is C23H18ClF3N4O2. The first-order valence-corrected chi connectivity index (χ1v) is 10.2. The molecule has 0 fully saturated rings. The van der Waals surface area contributed by atoms with Gasteiger partial charge in [0.15, 0.2) is 17.0 Å². The number of hydrogen-bond donors (Lipinski definition) is 0. The van der Waals surface area contributed by atoms with E-state index in [1.165, 1.54) is 19.1 Å². The number of rotatable bonds is 5. The van der Waals surface area contributed by atoms with Crippen LogP contribution in [0, 0.1) is 0 Å². The van der Waals surface area contributed by atoms with Crippen molar-refractivity contribution in [3.8, 4) is 17.0 Å². The summed E-state index contributed by atoms with van der Waals surface area (Å²) in [6.07, 6.45) is -4.76. The molecule has 0 saturated heterocycles. The quantitative estimate of drug-likeness (QED) is 0.391. The number of amides is 1. The van der Waals surface area contributed by atoms with Crippen LogP contribution in [0.3, 0.4) is 0 Å². The van der Waals surface area contributed by atoms with E-state index in [2.05, 4.69) is 10.1 Å². The molecular weight excluding hydrogens is 457 g/mol. The first-order valence-electron chi connectivity index (χ1n) is 9.79. The van der Waals surface area contributed by atoms with Crippen LogP contribution in [0.15, 0.2) is 60.7 Å². The Bertz CT molecular complexity index is 1310. The Morgan fingerprint density at radius 3 is 2.39 bits per heavy atom. The molecule has 0 unspecified atom stereocenters. The summed E-state index contributed by atoms with van der Waals surface area (Å²) in [6.45, 7) is 0.237. The van der Waals surface area contributed by atoms with Crippen LogP contribution in [0.4, 0.5) is 13.2 Å². The minimum absolute atomic E-state index is 0.0379. The molecule has 0 aliphatic heterocycles. The highest BCUT2D eigenvalue weighted by Gasteiger charge is 2.37. The van der Waals surface area contributed by atoms with Gasteiger partial charge in [0, 0.05) is 19.2 Å². The molecule has 4 rings (SSSR count). The van der Waals surface area contributed by atoms with Crippen molar-refractivity contribution < 1.29 is 22.7 Å². The van der Waals surface area contributed by atoms with E-state index in [0.717, 1.165) is 11.6 Å². The van der Waals surface area contributed by atoms with Crippen molar-refractivity contribution in [1.29, 1.82) is 0 Å². The molecule has 4 aromatic rings. The van der Waals surface area contributed by atoms with Gasteiger partial charge in [-0.2, -0.15) is 18.3 Å². The summed E-state index contributed by atoms with van der Waals surface area (Å²) >= 11 is 6.35. The summed E-state index contributed by atoms with van der Waals surface area (Å²) in [6, 6.07) is 16.4. The van der Waals surface area contributed by atoms with Gasteiger partial charge >= 0.3 is 6.18 Å². The fourth-order valence-corrected chi connectivity index (χ4v) is 3.59. The zero-order valence-electron chi connectivity index (χ0n) is 17.6. The molecule has 0 aliphatic rings. The van der Waals surface area contributed by atoms with Crippen LogP contribution in [0.2, 0.25) is 5.02 Å². The lowest BCUT2D eigenvalue weighted by Gasteiger charge is -2.16. The second-order valence-electron chi connectivity index (χ2n) is 7.30. The first kappa shape index (κ1) is 22.6. The smallest absolute Gasteiger partial charge is 0.433 e. The lowest BCUT2D eigenvalue weighted by molar-refractivity contribution is -0.142. The molecule has 0 radical (unpaired) electrons. The van der Waals surface area contributed by atoms with Crippen molar-refractivity contribution in [3.63, 3.8) is 0 Å². The van der Waals surface area contributed by atoms with Crippen LogP contribution < -0.4 is 4.74 Å². The van der Waals surface area contributed by atoms with E-state index in [0.29, 0.717) is 15.8 Å². The second kappa shape index (κ2) is 8.74. The number of carbonyl (C=O) groups is 1. The molecule has 0 N–H and O–H groups in total. The van der Waals surface area contributed by atoms with Crippen molar-refractivity contribution in [2.45, 2.75) is 12.7 Å². The second-order valence-corrected chi connectivity index (χ2v) is 7.68. The van der Waals surface area contributed by atoms with Crippen LogP contribution in [0.1, 0.15) is 21.7 Å². The maximum Gasteiger partial charge on any atom is 0.433 e. The third-order valence-electron chi connectivity index (χ3n) is 5.02. The van der Waals surface area contributed by atoms with E-state index < -0.39 is 17.8 Å². The average molecular weight is 475 g/mol. The third-order valence-corrected chi connectivity index (χ3v) is 5.37. The van der Waals surface area contributed by atoms with E-state index in [1.54, 1.807) is 24.3 Å². The lowest BCUT2D eigenvalue weighted by atomic mass is 10.1. The number of nitrogens with zero attached hydrogens (tertiary/aromatic N) is 4. The highest BCUT2D eigenvalue weighted by Crippen LogP contribution is 2.35. The number of ether oxygens (including phenoxy) is 1. The van der Waals surface area contributed by atoms with Gasteiger partial charge in [0.1, 0.15) is 10.8 Å². The van der Waals surface area contributed by atoms with Crippen molar-refractivity contribution in [2.24, 2.45) is 0 Å². The number of methoxy groups -OCH3 is 1. The molecule has 0 aliphatic carbocycles. The molecule has 170 valence electrons. The summed E-state index contributed by atoms with van der Waals surface area (Å²) in [5.74, 6) is -0.0685. The van der Waals surface area contributed by atoms with E-state index in [9.17, 15) is 18.0 Å². The monoisotopic (exact) mass is 474 g/mol. The van der Waals surface area contributed by atoms with Gasteiger partial charge < -0.3 is 9.64 Å². The summed E-state index contributed by atoms with van der Waals surface area (Å²) in [5.41, 5.74) is -0.339. The number of aromatic nitrogens is 3. The average Bonchev–Trinajstić information content (AvgIpc) is 3.14. The van der Waals surface area contributed by atoms with Crippen molar-refractivity contribution in [3.05, 3.63) is 82.6 Å². The zero-order valence-corrected chi connectivity index (χ0v) is 18.4. The number of hydrogen-bond acceptors (Lipinski definition) is 4. The highest BCUT2D eigenvalue weighted by atomic mass is 35.5. The van der Waals surface area contributed by atoms with Crippen LogP contribution in [0.5, 0.6) is 5.75 Å². The molecule has 1 amide bonds. The Balaban J connectivity index is 1.79. The molecule has 2 aromatic heterocycles.